The molecule has 1 heterocycles. The number of hydrogen-bond acceptors (Lipinski definition) is 3. The van der Waals surface area contributed by atoms with Crippen LogP contribution in [0, 0.1) is 5.82 Å². The summed E-state index contributed by atoms with van der Waals surface area (Å²) in [4.78, 5) is 5.77. The molecule has 1 aliphatic heterocycles. The van der Waals surface area contributed by atoms with Crippen molar-refractivity contribution in [3.8, 4) is 0 Å². The van der Waals surface area contributed by atoms with Crippen LogP contribution in [-0.4, -0.2) is 10.7 Å². The standard InChI is InChI=1S/C14H16ClFN2S/c1-4-14(5-2)9(3)19-13(18-14)17-10-6-7-12(16)11(15)8-10/h6-8H,3-5H2,1-2H3,(H,17,18). The molecule has 1 N–H and O–H groups in total. The van der Waals surface area contributed by atoms with Crippen molar-refractivity contribution in [1.29, 1.82) is 0 Å². The molecule has 102 valence electrons. The summed E-state index contributed by atoms with van der Waals surface area (Å²) in [6, 6.07) is 4.54. The van der Waals surface area contributed by atoms with Crippen LogP contribution in [0.2, 0.25) is 5.02 Å². The van der Waals surface area contributed by atoms with E-state index >= 15 is 0 Å². The highest BCUT2D eigenvalue weighted by Crippen LogP contribution is 2.43. The Balaban J connectivity index is 2.20. The van der Waals surface area contributed by atoms with Crippen molar-refractivity contribution in [2.75, 3.05) is 5.32 Å². The SMILES string of the molecule is C=C1SC(Nc2ccc(F)c(Cl)c2)=NC1(CC)CC. The number of halogens is 2. The van der Waals surface area contributed by atoms with Gasteiger partial charge in [-0.3, -0.25) is 4.99 Å². The topological polar surface area (TPSA) is 24.4 Å². The van der Waals surface area contributed by atoms with Crippen LogP contribution < -0.4 is 5.32 Å². The van der Waals surface area contributed by atoms with Crippen molar-refractivity contribution in [2.45, 2.75) is 32.2 Å². The van der Waals surface area contributed by atoms with Crippen molar-refractivity contribution in [2.24, 2.45) is 4.99 Å². The van der Waals surface area contributed by atoms with Gasteiger partial charge < -0.3 is 5.32 Å². The first-order chi connectivity index (χ1) is 9.00. The van der Waals surface area contributed by atoms with Crippen LogP contribution in [0.3, 0.4) is 0 Å². The molecule has 0 spiro atoms. The highest BCUT2D eigenvalue weighted by Gasteiger charge is 2.36. The quantitative estimate of drug-likeness (QED) is 0.843. The van der Waals surface area contributed by atoms with Gasteiger partial charge in [0.2, 0.25) is 0 Å². The molecule has 5 heteroatoms. The van der Waals surface area contributed by atoms with E-state index in [1.54, 1.807) is 12.1 Å². The minimum Gasteiger partial charge on any atom is -0.335 e. The molecule has 0 aliphatic carbocycles. The summed E-state index contributed by atoms with van der Waals surface area (Å²) < 4.78 is 13.1. The molecule has 0 atom stereocenters. The van der Waals surface area contributed by atoms with Gasteiger partial charge in [0.25, 0.3) is 0 Å². The monoisotopic (exact) mass is 298 g/mol. The zero-order valence-electron chi connectivity index (χ0n) is 11.0. The van der Waals surface area contributed by atoms with E-state index in [1.807, 2.05) is 0 Å². The minimum atomic E-state index is -0.422. The first kappa shape index (κ1) is 14.4. The largest absolute Gasteiger partial charge is 0.335 e. The summed E-state index contributed by atoms with van der Waals surface area (Å²) in [5.74, 6) is -0.422. The Kier molecular flexibility index (Phi) is 4.21. The molecule has 19 heavy (non-hydrogen) atoms. The fraction of sp³-hybridized carbons (Fsp3) is 0.357. The molecule has 0 aromatic heterocycles. The molecule has 2 nitrogen and oxygen atoms in total. The van der Waals surface area contributed by atoms with E-state index in [0.717, 1.165) is 28.6 Å². The molecule has 0 saturated heterocycles. The third-order valence-electron chi connectivity index (χ3n) is 3.40. The predicted molar refractivity (Wildman–Crippen MR) is 82.5 cm³/mol. The summed E-state index contributed by atoms with van der Waals surface area (Å²) >= 11 is 7.29. The summed E-state index contributed by atoms with van der Waals surface area (Å²) in [6.07, 6.45) is 1.84. The summed E-state index contributed by atoms with van der Waals surface area (Å²) in [7, 11) is 0. The third kappa shape index (κ3) is 2.79. The average molecular weight is 299 g/mol. The average Bonchev–Trinajstić information content (AvgIpc) is 2.70. The van der Waals surface area contributed by atoms with E-state index in [9.17, 15) is 4.39 Å². The fourth-order valence-corrected chi connectivity index (χ4v) is 3.37. The molecule has 1 aromatic carbocycles. The number of amidine groups is 1. The van der Waals surface area contributed by atoms with Crippen LogP contribution in [0.1, 0.15) is 26.7 Å². The van der Waals surface area contributed by atoms with Crippen LogP contribution in [0.25, 0.3) is 0 Å². The highest BCUT2D eigenvalue weighted by atomic mass is 35.5. The Bertz CT molecular complexity index is 538. The lowest BCUT2D eigenvalue weighted by Gasteiger charge is -2.22. The first-order valence-corrected chi connectivity index (χ1v) is 7.39. The molecule has 0 unspecified atom stereocenters. The van der Waals surface area contributed by atoms with E-state index in [2.05, 4.69) is 25.7 Å². The summed E-state index contributed by atoms with van der Waals surface area (Å²) in [5.41, 5.74) is 0.546. The number of rotatable bonds is 3. The van der Waals surface area contributed by atoms with Gasteiger partial charge in [0.15, 0.2) is 5.17 Å². The van der Waals surface area contributed by atoms with Gasteiger partial charge in [-0.2, -0.15) is 0 Å². The Morgan fingerprint density at radius 2 is 2.11 bits per heavy atom. The summed E-state index contributed by atoms with van der Waals surface area (Å²) in [5, 5.41) is 4.05. The van der Waals surface area contributed by atoms with Crippen molar-refractivity contribution < 1.29 is 4.39 Å². The van der Waals surface area contributed by atoms with Crippen molar-refractivity contribution in [3.05, 3.63) is 40.5 Å². The molecular weight excluding hydrogens is 283 g/mol. The van der Waals surface area contributed by atoms with Gasteiger partial charge in [-0.25, -0.2) is 4.39 Å². The molecule has 1 aliphatic rings. The van der Waals surface area contributed by atoms with Gasteiger partial charge in [0.05, 0.1) is 10.6 Å². The van der Waals surface area contributed by atoms with Crippen molar-refractivity contribution in [1.82, 2.24) is 0 Å². The van der Waals surface area contributed by atoms with E-state index in [-0.39, 0.29) is 10.6 Å². The molecule has 0 saturated carbocycles. The Morgan fingerprint density at radius 1 is 1.42 bits per heavy atom. The molecular formula is C14H16ClFN2S. The summed E-state index contributed by atoms with van der Waals surface area (Å²) in [6.45, 7) is 8.31. The Morgan fingerprint density at radius 3 is 2.63 bits per heavy atom. The van der Waals surface area contributed by atoms with E-state index in [0.29, 0.717) is 0 Å². The number of benzene rings is 1. The van der Waals surface area contributed by atoms with Gasteiger partial charge in [-0.05, 0) is 31.0 Å². The maximum atomic E-state index is 13.1. The van der Waals surface area contributed by atoms with Crippen molar-refractivity contribution >= 4 is 34.2 Å². The maximum Gasteiger partial charge on any atom is 0.166 e. The Hall–Kier alpha value is -1.00. The van der Waals surface area contributed by atoms with Gasteiger partial charge in [0.1, 0.15) is 5.82 Å². The number of thioether (sulfide) groups is 1. The van der Waals surface area contributed by atoms with Gasteiger partial charge in [0, 0.05) is 10.6 Å². The van der Waals surface area contributed by atoms with Crippen LogP contribution in [0.15, 0.2) is 34.7 Å². The minimum absolute atomic E-state index is 0.102. The van der Waals surface area contributed by atoms with Crippen LogP contribution >= 0.6 is 23.4 Å². The fourth-order valence-electron chi connectivity index (χ4n) is 2.04. The molecule has 0 radical (unpaired) electrons. The smallest absolute Gasteiger partial charge is 0.166 e. The number of hydrogen-bond donors (Lipinski definition) is 1. The molecule has 1 aromatic rings. The zero-order valence-corrected chi connectivity index (χ0v) is 12.5. The molecule has 0 bridgehead atoms. The number of aliphatic imine (C=N–C) groups is 1. The normalized spacial score (nSPS) is 17.5. The second kappa shape index (κ2) is 5.55. The van der Waals surface area contributed by atoms with Crippen molar-refractivity contribution in [3.63, 3.8) is 0 Å². The lowest BCUT2D eigenvalue weighted by molar-refractivity contribution is 0.496. The maximum absolute atomic E-state index is 13.1. The van der Waals surface area contributed by atoms with Gasteiger partial charge in [-0.1, -0.05) is 43.8 Å². The number of anilines is 1. The second-order valence-electron chi connectivity index (χ2n) is 4.43. The lowest BCUT2D eigenvalue weighted by Crippen LogP contribution is -2.22. The lowest BCUT2D eigenvalue weighted by atomic mass is 9.94. The van der Waals surface area contributed by atoms with Crippen LogP contribution in [0.5, 0.6) is 0 Å². The van der Waals surface area contributed by atoms with Crippen LogP contribution in [0.4, 0.5) is 10.1 Å². The molecule has 0 amide bonds. The predicted octanol–water partition coefficient (Wildman–Crippen LogP) is 5.07. The van der Waals surface area contributed by atoms with E-state index in [1.165, 1.54) is 17.8 Å². The van der Waals surface area contributed by atoms with E-state index in [4.69, 9.17) is 16.6 Å². The van der Waals surface area contributed by atoms with Gasteiger partial charge >= 0.3 is 0 Å². The second-order valence-corrected chi connectivity index (χ2v) is 5.93. The number of nitrogens with one attached hydrogen (secondary N) is 1. The third-order valence-corrected chi connectivity index (χ3v) is 4.70. The number of nitrogens with zero attached hydrogens (tertiary/aromatic N) is 1. The Labute approximate surface area is 122 Å². The highest BCUT2D eigenvalue weighted by molar-refractivity contribution is 8.17. The van der Waals surface area contributed by atoms with Gasteiger partial charge in [-0.15, -0.1) is 0 Å². The molecule has 2 rings (SSSR count). The first-order valence-electron chi connectivity index (χ1n) is 6.20. The van der Waals surface area contributed by atoms with Crippen LogP contribution in [-0.2, 0) is 0 Å². The molecule has 0 fully saturated rings. The zero-order chi connectivity index (χ0) is 14.0. The van der Waals surface area contributed by atoms with E-state index < -0.39 is 5.82 Å².